The van der Waals surface area contributed by atoms with Crippen molar-refractivity contribution < 1.29 is 14.6 Å². The van der Waals surface area contributed by atoms with Crippen LogP contribution in [-0.4, -0.2) is 53.2 Å². The highest BCUT2D eigenvalue weighted by atomic mass is 16.6. The summed E-state index contributed by atoms with van der Waals surface area (Å²) in [7, 11) is 0. The van der Waals surface area contributed by atoms with Crippen LogP contribution in [0, 0.1) is 0 Å². The standard InChI is InChI=1S/C18H27N3O3/c1-17(10-8-14-6-4-3-5-7-14)18(2,23)21(16(22)24-17)11-9-15-12-19-13-20-15/h3-7,15,19-20,23H,8-13H2,1-2H3. The number of aryl methyl sites for hydroxylation is 1. The van der Waals surface area contributed by atoms with Crippen molar-refractivity contribution in [2.24, 2.45) is 0 Å². The summed E-state index contributed by atoms with van der Waals surface area (Å²) in [5.74, 6) is 0. The first-order valence-corrected chi connectivity index (χ1v) is 8.63. The Balaban J connectivity index is 1.64. The fraction of sp³-hybridized carbons (Fsp3) is 0.611. The summed E-state index contributed by atoms with van der Waals surface area (Å²) in [5.41, 5.74) is -1.06. The zero-order valence-electron chi connectivity index (χ0n) is 14.4. The van der Waals surface area contributed by atoms with E-state index in [2.05, 4.69) is 10.6 Å². The smallest absolute Gasteiger partial charge is 0.412 e. The van der Waals surface area contributed by atoms with Gasteiger partial charge < -0.3 is 20.5 Å². The van der Waals surface area contributed by atoms with E-state index < -0.39 is 17.4 Å². The topological polar surface area (TPSA) is 73.8 Å². The predicted octanol–water partition coefficient (Wildman–Crippen LogP) is 1.45. The fourth-order valence-electron chi connectivity index (χ4n) is 3.46. The number of hydrogen-bond acceptors (Lipinski definition) is 5. The van der Waals surface area contributed by atoms with Crippen LogP contribution in [0.5, 0.6) is 0 Å². The van der Waals surface area contributed by atoms with Gasteiger partial charge in [-0.3, -0.25) is 4.90 Å². The van der Waals surface area contributed by atoms with Crippen LogP contribution in [0.2, 0.25) is 0 Å². The lowest BCUT2D eigenvalue weighted by atomic mass is 9.87. The largest absolute Gasteiger partial charge is 0.438 e. The molecular formula is C18H27N3O3. The zero-order chi connectivity index (χ0) is 17.2. The number of nitrogens with one attached hydrogen (secondary N) is 2. The maximum atomic E-state index is 12.3. The Morgan fingerprint density at radius 1 is 1.33 bits per heavy atom. The lowest BCUT2D eigenvalue weighted by Gasteiger charge is -2.37. The Kier molecular flexibility index (Phi) is 4.80. The van der Waals surface area contributed by atoms with Crippen molar-refractivity contribution in [3.05, 3.63) is 35.9 Å². The summed E-state index contributed by atoms with van der Waals surface area (Å²) < 4.78 is 5.61. The molecular weight excluding hydrogens is 306 g/mol. The molecule has 0 radical (unpaired) electrons. The molecule has 0 aliphatic carbocycles. The van der Waals surface area contributed by atoms with E-state index in [4.69, 9.17) is 4.74 Å². The van der Waals surface area contributed by atoms with E-state index in [1.165, 1.54) is 10.5 Å². The third-order valence-electron chi connectivity index (χ3n) is 5.40. The first kappa shape index (κ1) is 17.2. The second-order valence-corrected chi connectivity index (χ2v) is 7.08. The van der Waals surface area contributed by atoms with E-state index in [0.717, 1.165) is 26.1 Å². The first-order chi connectivity index (χ1) is 11.4. The molecule has 3 atom stereocenters. The van der Waals surface area contributed by atoms with Gasteiger partial charge in [0.25, 0.3) is 0 Å². The van der Waals surface area contributed by atoms with Gasteiger partial charge in [-0.25, -0.2) is 4.79 Å². The molecule has 2 heterocycles. The van der Waals surface area contributed by atoms with Gasteiger partial charge in [-0.1, -0.05) is 30.3 Å². The molecule has 2 saturated heterocycles. The number of aliphatic hydroxyl groups is 1. The molecule has 3 unspecified atom stereocenters. The van der Waals surface area contributed by atoms with Crippen molar-refractivity contribution in [1.82, 2.24) is 15.5 Å². The van der Waals surface area contributed by atoms with Gasteiger partial charge in [0.2, 0.25) is 0 Å². The average Bonchev–Trinajstić information content (AvgIpc) is 3.12. The van der Waals surface area contributed by atoms with Crippen LogP contribution in [0.3, 0.4) is 0 Å². The maximum Gasteiger partial charge on any atom is 0.412 e. The minimum atomic E-state index is -1.31. The second-order valence-electron chi connectivity index (χ2n) is 7.08. The molecule has 0 bridgehead atoms. The molecule has 1 amide bonds. The van der Waals surface area contributed by atoms with Crippen LogP contribution >= 0.6 is 0 Å². The van der Waals surface area contributed by atoms with Crippen molar-refractivity contribution in [2.75, 3.05) is 19.8 Å². The van der Waals surface area contributed by atoms with Crippen LogP contribution in [0.4, 0.5) is 4.79 Å². The normalized spacial score (nSPS) is 33.0. The van der Waals surface area contributed by atoms with Gasteiger partial charge in [0.1, 0.15) is 0 Å². The number of carbonyl (C=O) groups is 1. The minimum Gasteiger partial charge on any atom is -0.438 e. The van der Waals surface area contributed by atoms with Crippen molar-refractivity contribution in [1.29, 1.82) is 0 Å². The SMILES string of the molecule is CC1(CCc2ccccc2)OC(=O)N(CCC2CNCN2)C1(C)O. The molecule has 3 rings (SSSR count). The molecule has 24 heavy (non-hydrogen) atoms. The van der Waals surface area contributed by atoms with Gasteiger partial charge in [0.05, 0.1) is 0 Å². The fourth-order valence-corrected chi connectivity index (χ4v) is 3.46. The predicted molar refractivity (Wildman–Crippen MR) is 91.4 cm³/mol. The van der Waals surface area contributed by atoms with Crippen LogP contribution in [0.25, 0.3) is 0 Å². The first-order valence-electron chi connectivity index (χ1n) is 8.63. The second kappa shape index (κ2) is 6.70. The van der Waals surface area contributed by atoms with Crippen molar-refractivity contribution in [3.8, 4) is 0 Å². The summed E-state index contributed by atoms with van der Waals surface area (Å²) >= 11 is 0. The minimum absolute atomic E-state index is 0.324. The molecule has 3 N–H and O–H groups in total. The Labute approximate surface area is 143 Å². The molecule has 2 aliphatic heterocycles. The van der Waals surface area contributed by atoms with Gasteiger partial charge in [0, 0.05) is 25.8 Å². The summed E-state index contributed by atoms with van der Waals surface area (Å²) in [6, 6.07) is 10.4. The van der Waals surface area contributed by atoms with E-state index in [9.17, 15) is 9.90 Å². The number of cyclic esters (lactones) is 1. The molecule has 1 aromatic carbocycles. The molecule has 2 fully saturated rings. The number of hydrogen-bond donors (Lipinski definition) is 3. The number of carbonyl (C=O) groups excluding carboxylic acids is 1. The third kappa shape index (κ3) is 3.27. The quantitative estimate of drug-likeness (QED) is 0.735. The Bertz CT molecular complexity index is 572. The third-order valence-corrected chi connectivity index (χ3v) is 5.40. The maximum absolute atomic E-state index is 12.3. The van der Waals surface area contributed by atoms with Crippen LogP contribution in [0.15, 0.2) is 30.3 Å². The lowest BCUT2D eigenvalue weighted by molar-refractivity contribution is -0.139. The van der Waals surface area contributed by atoms with E-state index in [0.29, 0.717) is 19.0 Å². The highest BCUT2D eigenvalue weighted by molar-refractivity contribution is 5.72. The summed E-state index contributed by atoms with van der Waals surface area (Å²) in [4.78, 5) is 13.8. The van der Waals surface area contributed by atoms with E-state index >= 15 is 0 Å². The molecule has 1 aromatic rings. The summed E-state index contributed by atoms with van der Waals surface area (Å²) in [6.45, 7) is 5.66. The number of nitrogens with zero attached hydrogens (tertiary/aromatic N) is 1. The van der Waals surface area contributed by atoms with Crippen LogP contribution < -0.4 is 10.6 Å². The van der Waals surface area contributed by atoms with Gasteiger partial charge in [-0.15, -0.1) is 0 Å². The van der Waals surface area contributed by atoms with Crippen LogP contribution in [-0.2, 0) is 11.2 Å². The van der Waals surface area contributed by atoms with E-state index in [-0.39, 0.29) is 0 Å². The lowest BCUT2D eigenvalue weighted by Crippen LogP contribution is -2.55. The van der Waals surface area contributed by atoms with Crippen molar-refractivity contribution >= 4 is 6.09 Å². The number of benzene rings is 1. The van der Waals surface area contributed by atoms with Gasteiger partial charge in [-0.05, 0) is 38.7 Å². The Morgan fingerprint density at radius 2 is 2.08 bits per heavy atom. The van der Waals surface area contributed by atoms with E-state index in [1.54, 1.807) is 6.92 Å². The number of amides is 1. The number of rotatable bonds is 6. The summed E-state index contributed by atoms with van der Waals surface area (Å²) in [6.07, 6.45) is 1.69. The van der Waals surface area contributed by atoms with Crippen LogP contribution in [0.1, 0.15) is 32.3 Å². The molecule has 0 saturated carbocycles. The Morgan fingerprint density at radius 3 is 2.75 bits per heavy atom. The van der Waals surface area contributed by atoms with Crippen molar-refractivity contribution in [3.63, 3.8) is 0 Å². The highest BCUT2D eigenvalue weighted by Crippen LogP contribution is 2.40. The monoisotopic (exact) mass is 333 g/mol. The van der Waals surface area contributed by atoms with Gasteiger partial charge in [-0.2, -0.15) is 0 Å². The molecule has 132 valence electrons. The van der Waals surface area contributed by atoms with E-state index in [1.807, 2.05) is 37.3 Å². The zero-order valence-corrected chi connectivity index (χ0v) is 14.4. The molecule has 6 heteroatoms. The molecule has 0 spiro atoms. The van der Waals surface area contributed by atoms with Gasteiger partial charge in [0.15, 0.2) is 11.3 Å². The molecule has 2 aliphatic rings. The van der Waals surface area contributed by atoms with Gasteiger partial charge >= 0.3 is 6.09 Å². The summed E-state index contributed by atoms with van der Waals surface area (Å²) in [5, 5.41) is 17.6. The molecule has 0 aromatic heterocycles. The number of ether oxygens (including phenoxy) is 1. The Hall–Kier alpha value is -1.63. The highest BCUT2D eigenvalue weighted by Gasteiger charge is 2.58. The van der Waals surface area contributed by atoms with Crippen molar-refractivity contribution in [2.45, 2.75) is 50.5 Å². The molecule has 6 nitrogen and oxygen atoms in total. The average molecular weight is 333 g/mol.